The van der Waals surface area contributed by atoms with Crippen molar-refractivity contribution in [3.05, 3.63) is 28.2 Å². The van der Waals surface area contributed by atoms with Crippen LogP contribution in [0.15, 0.2) is 22.7 Å². The fourth-order valence-electron chi connectivity index (χ4n) is 1.79. The first-order valence-corrected chi connectivity index (χ1v) is 5.29. The van der Waals surface area contributed by atoms with Crippen molar-refractivity contribution in [2.45, 2.75) is 12.5 Å². The summed E-state index contributed by atoms with van der Waals surface area (Å²) in [6.45, 7) is 1.01. The minimum Gasteiger partial charge on any atom is -0.380 e. The Labute approximate surface area is 86.9 Å². The van der Waals surface area contributed by atoms with Crippen LogP contribution >= 0.6 is 15.9 Å². The van der Waals surface area contributed by atoms with Gasteiger partial charge in [0.2, 0.25) is 0 Å². The Morgan fingerprint density at radius 1 is 1.62 bits per heavy atom. The van der Waals surface area contributed by atoms with Gasteiger partial charge in [-0.25, -0.2) is 0 Å². The van der Waals surface area contributed by atoms with E-state index in [2.05, 4.69) is 44.8 Å². The molecule has 1 aliphatic rings. The van der Waals surface area contributed by atoms with Crippen LogP contribution < -0.4 is 10.6 Å². The summed E-state index contributed by atoms with van der Waals surface area (Å²) in [4.78, 5) is 0. The Hall–Kier alpha value is -0.540. The van der Waals surface area contributed by atoms with E-state index in [0.717, 1.165) is 13.0 Å². The lowest BCUT2D eigenvalue weighted by Gasteiger charge is -2.08. The van der Waals surface area contributed by atoms with E-state index in [4.69, 9.17) is 0 Å². The van der Waals surface area contributed by atoms with E-state index < -0.39 is 0 Å². The van der Waals surface area contributed by atoms with Crippen molar-refractivity contribution in [1.29, 1.82) is 0 Å². The van der Waals surface area contributed by atoms with Crippen LogP contribution in [0.5, 0.6) is 0 Å². The predicted octanol–water partition coefficient (Wildman–Crippen LogP) is 2.01. The Morgan fingerprint density at radius 3 is 3.15 bits per heavy atom. The van der Waals surface area contributed by atoms with Gasteiger partial charge in [0.25, 0.3) is 0 Å². The number of hydrogen-bond acceptors (Lipinski definition) is 2. The number of rotatable bonds is 2. The lowest BCUT2D eigenvalue weighted by Crippen LogP contribution is -2.28. The smallest absolute Gasteiger partial charge is 0.0427 e. The summed E-state index contributed by atoms with van der Waals surface area (Å²) in [7, 11) is 1.99. The van der Waals surface area contributed by atoms with Crippen molar-refractivity contribution < 1.29 is 0 Å². The molecule has 0 fully saturated rings. The monoisotopic (exact) mass is 240 g/mol. The zero-order chi connectivity index (χ0) is 9.26. The van der Waals surface area contributed by atoms with E-state index in [0.29, 0.717) is 6.04 Å². The highest BCUT2D eigenvalue weighted by Crippen LogP contribution is 2.31. The van der Waals surface area contributed by atoms with Gasteiger partial charge in [0.05, 0.1) is 0 Å². The second-order valence-corrected chi connectivity index (χ2v) is 4.22. The van der Waals surface area contributed by atoms with Crippen LogP contribution in [-0.4, -0.2) is 19.6 Å². The maximum atomic E-state index is 3.57. The van der Waals surface area contributed by atoms with Crippen LogP contribution in [-0.2, 0) is 6.42 Å². The summed E-state index contributed by atoms with van der Waals surface area (Å²) < 4.78 is 1.22. The first kappa shape index (κ1) is 9.03. The van der Waals surface area contributed by atoms with Crippen LogP contribution in [0.1, 0.15) is 5.56 Å². The Kier molecular flexibility index (Phi) is 2.56. The maximum Gasteiger partial charge on any atom is 0.0427 e. The third kappa shape index (κ3) is 1.71. The predicted molar refractivity (Wildman–Crippen MR) is 59.2 cm³/mol. The van der Waals surface area contributed by atoms with Gasteiger partial charge in [-0.05, 0) is 31.2 Å². The number of halogens is 1. The van der Waals surface area contributed by atoms with E-state index in [9.17, 15) is 0 Å². The summed E-state index contributed by atoms with van der Waals surface area (Å²) in [5.74, 6) is 0. The first-order chi connectivity index (χ1) is 6.31. The molecule has 0 amide bonds. The van der Waals surface area contributed by atoms with E-state index in [-0.39, 0.29) is 0 Å². The standard InChI is InChI=1S/C10H13BrN2/c1-12-6-7-5-8-9(11)3-2-4-10(8)13-7/h2-4,7,12-13H,5-6H2,1H3. The van der Waals surface area contributed by atoms with Gasteiger partial charge in [-0.15, -0.1) is 0 Å². The molecule has 0 spiro atoms. The summed E-state index contributed by atoms with van der Waals surface area (Å²) in [5, 5.41) is 6.67. The average Bonchev–Trinajstić information content (AvgIpc) is 2.49. The van der Waals surface area contributed by atoms with Crippen LogP contribution in [0.3, 0.4) is 0 Å². The van der Waals surface area contributed by atoms with Gasteiger partial charge >= 0.3 is 0 Å². The molecule has 13 heavy (non-hydrogen) atoms. The number of hydrogen-bond donors (Lipinski definition) is 2. The lowest BCUT2D eigenvalue weighted by atomic mass is 10.1. The number of nitrogens with one attached hydrogen (secondary N) is 2. The number of fused-ring (bicyclic) bond motifs is 1. The number of anilines is 1. The van der Waals surface area contributed by atoms with E-state index in [1.54, 1.807) is 0 Å². The fraction of sp³-hybridized carbons (Fsp3) is 0.400. The summed E-state index contributed by atoms with van der Waals surface area (Å²) in [6.07, 6.45) is 1.11. The third-order valence-corrected chi connectivity index (χ3v) is 3.12. The molecule has 1 aromatic rings. The zero-order valence-electron chi connectivity index (χ0n) is 7.60. The van der Waals surface area contributed by atoms with Gasteiger partial charge in [-0.1, -0.05) is 22.0 Å². The average molecular weight is 241 g/mol. The molecule has 1 aliphatic heterocycles. The highest BCUT2D eigenvalue weighted by molar-refractivity contribution is 9.10. The summed E-state index contributed by atoms with van der Waals surface area (Å²) in [5.41, 5.74) is 2.68. The van der Waals surface area contributed by atoms with Crippen LogP contribution in [0.25, 0.3) is 0 Å². The third-order valence-electron chi connectivity index (χ3n) is 2.38. The highest BCUT2D eigenvalue weighted by Gasteiger charge is 2.20. The number of benzene rings is 1. The first-order valence-electron chi connectivity index (χ1n) is 4.50. The molecule has 1 heterocycles. The van der Waals surface area contributed by atoms with Crippen molar-refractivity contribution in [3.63, 3.8) is 0 Å². The topological polar surface area (TPSA) is 24.1 Å². The van der Waals surface area contributed by atoms with Gasteiger partial charge < -0.3 is 10.6 Å². The van der Waals surface area contributed by atoms with Gasteiger partial charge in [-0.3, -0.25) is 0 Å². The molecule has 0 saturated heterocycles. The minimum absolute atomic E-state index is 0.540. The Bertz CT molecular complexity index is 312. The van der Waals surface area contributed by atoms with Gasteiger partial charge in [0.15, 0.2) is 0 Å². The summed E-state index contributed by atoms with van der Waals surface area (Å²) >= 11 is 3.57. The molecule has 1 unspecified atom stereocenters. The molecule has 1 atom stereocenters. The van der Waals surface area contributed by atoms with Gasteiger partial charge in [0.1, 0.15) is 0 Å². The Morgan fingerprint density at radius 2 is 2.46 bits per heavy atom. The van der Waals surface area contributed by atoms with E-state index >= 15 is 0 Å². The molecule has 1 aromatic carbocycles. The normalized spacial score (nSPS) is 19.7. The maximum absolute atomic E-state index is 3.57. The second-order valence-electron chi connectivity index (χ2n) is 3.37. The quantitative estimate of drug-likeness (QED) is 0.827. The Balaban J connectivity index is 2.20. The van der Waals surface area contributed by atoms with Crippen molar-refractivity contribution in [2.75, 3.05) is 18.9 Å². The number of likely N-dealkylation sites (N-methyl/N-ethyl adjacent to an activating group) is 1. The van der Waals surface area contributed by atoms with Gasteiger partial charge in [0, 0.05) is 22.7 Å². The highest BCUT2D eigenvalue weighted by atomic mass is 79.9. The van der Waals surface area contributed by atoms with Crippen LogP contribution in [0.2, 0.25) is 0 Å². The molecular weight excluding hydrogens is 228 g/mol. The van der Waals surface area contributed by atoms with E-state index in [1.807, 2.05) is 7.05 Å². The van der Waals surface area contributed by atoms with Crippen molar-refractivity contribution in [2.24, 2.45) is 0 Å². The van der Waals surface area contributed by atoms with Crippen LogP contribution in [0.4, 0.5) is 5.69 Å². The molecule has 2 rings (SSSR count). The molecule has 0 aromatic heterocycles. The molecule has 0 aliphatic carbocycles. The molecule has 3 heteroatoms. The van der Waals surface area contributed by atoms with Crippen molar-refractivity contribution in [1.82, 2.24) is 5.32 Å². The molecular formula is C10H13BrN2. The minimum atomic E-state index is 0.540. The molecule has 0 radical (unpaired) electrons. The molecule has 2 nitrogen and oxygen atoms in total. The van der Waals surface area contributed by atoms with Crippen molar-refractivity contribution in [3.8, 4) is 0 Å². The van der Waals surface area contributed by atoms with Crippen molar-refractivity contribution >= 4 is 21.6 Å². The zero-order valence-corrected chi connectivity index (χ0v) is 9.19. The van der Waals surface area contributed by atoms with Crippen LogP contribution in [0, 0.1) is 0 Å². The molecule has 0 saturated carbocycles. The molecule has 0 bridgehead atoms. The fourth-order valence-corrected chi connectivity index (χ4v) is 2.32. The molecule has 2 N–H and O–H groups in total. The summed E-state index contributed by atoms with van der Waals surface area (Å²) in [6, 6.07) is 6.84. The SMILES string of the molecule is CNCC1Cc2c(Br)cccc2N1. The lowest BCUT2D eigenvalue weighted by molar-refractivity contribution is 0.673. The second kappa shape index (κ2) is 3.68. The molecule has 70 valence electrons. The van der Waals surface area contributed by atoms with Gasteiger partial charge in [-0.2, -0.15) is 0 Å². The van der Waals surface area contributed by atoms with E-state index in [1.165, 1.54) is 15.7 Å². The largest absolute Gasteiger partial charge is 0.380 e.